The quantitative estimate of drug-likeness (QED) is 0.488. The highest BCUT2D eigenvalue weighted by Crippen LogP contribution is 2.35. The molecule has 0 spiro atoms. The molecule has 1 heterocycles. The van der Waals surface area contributed by atoms with Gasteiger partial charge in [-0.3, -0.25) is 9.52 Å². The molecule has 1 aliphatic rings. The number of amides is 1. The summed E-state index contributed by atoms with van der Waals surface area (Å²) in [7, 11) is -2.13. The van der Waals surface area contributed by atoms with Gasteiger partial charge in [-0.05, 0) is 73.4 Å². The summed E-state index contributed by atoms with van der Waals surface area (Å²) < 4.78 is 39.0. The lowest BCUT2D eigenvalue weighted by Crippen LogP contribution is -2.44. The number of carbonyl (C=O) groups is 1. The van der Waals surface area contributed by atoms with E-state index in [9.17, 15) is 13.2 Å². The van der Waals surface area contributed by atoms with Crippen molar-refractivity contribution >= 4 is 21.6 Å². The van der Waals surface area contributed by atoms with Gasteiger partial charge in [-0.15, -0.1) is 0 Å². The highest BCUT2D eigenvalue weighted by atomic mass is 32.2. The minimum atomic E-state index is -3.77. The van der Waals surface area contributed by atoms with Crippen LogP contribution in [0.25, 0.3) is 0 Å². The fraction of sp³-hybridized carbons (Fsp3) is 0.296. The standard InChI is InChI=1S/C27H30N2O5S/c1-20-5-3-4-6-25(20)29-35(31,32)24-13-7-21(8-14-24)26(30)28-19-27(15-17-34-18-16-27)22-9-11-23(33-2)12-10-22/h3-14,29H,15-19H2,1-2H3,(H,28,30). The molecular formula is C27H30N2O5S. The number of hydrogen-bond donors (Lipinski definition) is 2. The molecule has 3 aromatic carbocycles. The first-order valence-corrected chi connectivity index (χ1v) is 13.0. The smallest absolute Gasteiger partial charge is 0.261 e. The number of sulfonamides is 1. The lowest BCUT2D eigenvalue weighted by molar-refractivity contribution is 0.0487. The second kappa shape index (κ2) is 10.5. The zero-order valence-corrected chi connectivity index (χ0v) is 20.7. The number of rotatable bonds is 8. The van der Waals surface area contributed by atoms with Crippen LogP contribution in [0.15, 0.2) is 77.7 Å². The van der Waals surface area contributed by atoms with E-state index in [2.05, 4.69) is 10.0 Å². The highest BCUT2D eigenvalue weighted by molar-refractivity contribution is 7.92. The molecule has 0 radical (unpaired) electrons. The van der Waals surface area contributed by atoms with Crippen LogP contribution < -0.4 is 14.8 Å². The topological polar surface area (TPSA) is 93.7 Å². The van der Waals surface area contributed by atoms with E-state index in [0.29, 0.717) is 31.0 Å². The SMILES string of the molecule is COc1ccc(C2(CNC(=O)c3ccc(S(=O)(=O)Nc4ccccc4C)cc3)CCOCC2)cc1. The number of carbonyl (C=O) groups excluding carboxylic acids is 1. The number of methoxy groups -OCH3 is 1. The second-order valence-corrected chi connectivity index (χ2v) is 10.4. The van der Waals surface area contributed by atoms with Gasteiger partial charge in [-0.2, -0.15) is 0 Å². The Morgan fingerprint density at radius 3 is 2.26 bits per heavy atom. The van der Waals surface area contributed by atoms with Crippen LogP contribution in [-0.2, 0) is 20.2 Å². The third-order valence-corrected chi connectivity index (χ3v) is 7.94. The molecule has 0 unspecified atom stereocenters. The van der Waals surface area contributed by atoms with Crippen LogP contribution in [0.5, 0.6) is 5.75 Å². The van der Waals surface area contributed by atoms with Crippen LogP contribution in [0.1, 0.15) is 34.3 Å². The van der Waals surface area contributed by atoms with E-state index < -0.39 is 10.0 Å². The molecule has 1 aliphatic heterocycles. The normalized spacial score (nSPS) is 15.3. The Bertz CT molecular complexity index is 1270. The van der Waals surface area contributed by atoms with E-state index in [0.717, 1.165) is 29.7 Å². The third kappa shape index (κ3) is 5.66. The first-order valence-electron chi connectivity index (χ1n) is 11.5. The first kappa shape index (κ1) is 24.8. The van der Waals surface area contributed by atoms with Crippen molar-refractivity contribution in [2.75, 3.05) is 31.6 Å². The zero-order chi connectivity index (χ0) is 24.9. The summed E-state index contributed by atoms with van der Waals surface area (Å²) in [6, 6.07) is 21.1. The van der Waals surface area contributed by atoms with Gasteiger partial charge in [0.05, 0.1) is 17.7 Å². The van der Waals surface area contributed by atoms with Crippen LogP contribution in [0.2, 0.25) is 0 Å². The summed E-state index contributed by atoms with van der Waals surface area (Å²) in [5.41, 5.74) is 2.64. The molecule has 1 saturated heterocycles. The van der Waals surface area contributed by atoms with E-state index in [1.165, 1.54) is 24.3 Å². The highest BCUT2D eigenvalue weighted by Gasteiger charge is 2.35. The molecule has 1 fully saturated rings. The monoisotopic (exact) mass is 494 g/mol. The van der Waals surface area contributed by atoms with Crippen LogP contribution in [0, 0.1) is 6.92 Å². The fourth-order valence-corrected chi connectivity index (χ4v) is 5.43. The first-order chi connectivity index (χ1) is 16.8. The van der Waals surface area contributed by atoms with Gasteiger partial charge in [-0.1, -0.05) is 30.3 Å². The molecule has 4 rings (SSSR count). The van der Waals surface area contributed by atoms with Crippen LogP contribution in [0.4, 0.5) is 5.69 Å². The summed E-state index contributed by atoms with van der Waals surface area (Å²) in [5, 5.41) is 3.05. The molecule has 7 nitrogen and oxygen atoms in total. The number of hydrogen-bond acceptors (Lipinski definition) is 5. The lowest BCUT2D eigenvalue weighted by atomic mass is 9.74. The lowest BCUT2D eigenvalue weighted by Gasteiger charge is -2.38. The molecule has 0 aromatic heterocycles. The fourth-order valence-electron chi connectivity index (χ4n) is 4.30. The van der Waals surface area contributed by atoms with Crippen molar-refractivity contribution in [3.63, 3.8) is 0 Å². The Kier molecular flexibility index (Phi) is 7.42. The summed E-state index contributed by atoms with van der Waals surface area (Å²) in [5.74, 6) is 0.534. The molecule has 184 valence electrons. The van der Waals surface area contributed by atoms with Gasteiger partial charge in [0.2, 0.25) is 0 Å². The predicted molar refractivity (Wildman–Crippen MR) is 135 cm³/mol. The Hall–Kier alpha value is -3.36. The van der Waals surface area contributed by atoms with Crippen molar-refractivity contribution < 1.29 is 22.7 Å². The number of ether oxygens (including phenoxy) is 2. The molecule has 0 bridgehead atoms. The molecule has 8 heteroatoms. The summed E-state index contributed by atoms with van der Waals surface area (Å²) in [6.07, 6.45) is 1.59. The minimum Gasteiger partial charge on any atom is -0.497 e. The predicted octanol–water partition coefficient (Wildman–Crippen LogP) is 4.28. The van der Waals surface area contributed by atoms with Crippen molar-refractivity contribution in [2.45, 2.75) is 30.1 Å². The molecule has 35 heavy (non-hydrogen) atoms. The largest absolute Gasteiger partial charge is 0.497 e. The third-order valence-electron chi connectivity index (χ3n) is 6.56. The molecule has 2 N–H and O–H groups in total. The van der Waals surface area contributed by atoms with Crippen molar-refractivity contribution in [1.82, 2.24) is 5.32 Å². The van der Waals surface area contributed by atoms with E-state index in [1.54, 1.807) is 19.2 Å². The van der Waals surface area contributed by atoms with Crippen LogP contribution in [0.3, 0.4) is 0 Å². The molecule has 3 aromatic rings. The maximum atomic E-state index is 12.9. The van der Waals surface area contributed by atoms with E-state index in [1.807, 2.05) is 43.3 Å². The Morgan fingerprint density at radius 2 is 1.63 bits per heavy atom. The number of nitrogens with one attached hydrogen (secondary N) is 2. The number of benzene rings is 3. The maximum Gasteiger partial charge on any atom is 0.261 e. The molecule has 0 aliphatic carbocycles. The van der Waals surface area contributed by atoms with Crippen molar-refractivity contribution in [2.24, 2.45) is 0 Å². The van der Waals surface area contributed by atoms with Gasteiger partial charge in [0.25, 0.3) is 15.9 Å². The Morgan fingerprint density at radius 1 is 0.971 bits per heavy atom. The molecule has 0 saturated carbocycles. The summed E-state index contributed by atoms with van der Waals surface area (Å²) in [6.45, 7) is 3.55. The van der Waals surface area contributed by atoms with Crippen LogP contribution in [-0.4, -0.2) is 41.2 Å². The average Bonchev–Trinajstić information content (AvgIpc) is 2.89. The number of para-hydroxylation sites is 1. The Labute approximate surface area is 206 Å². The Balaban J connectivity index is 1.46. The van der Waals surface area contributed by atoms with Gasteiger partial charge in [-0.25, -0.2) is 8.42 Å². The zero-order valence-electron chi connectivity index (χ0n) is 19.9. The van der Waals surface area contributed by atoms with Gasteiger partial charge in [0.1, 0.15) is 5.75 Å². The van der Waals surface area contributed by atoms with E-state index in [4.69, 9.17) is 9.47 Å². The van der Waals surface area contributed by atoms with Gasteiger partial charge in [0.15, 0.2) is 0 Å². The maximum absolute atomic E-state index is 12.9. The molecule has 0 atom stereocenters. The van der Waals surface area contributed by atoms with Gasteiger partial charge in [0, 0.05) is 30.7 Å². The average molecular weight is 495 g/mol. The van der Waals surface area contributed by atoms with Crippen molar-refractivity contribution in [3.8, 4) is 5.75 Å². The molecule has 1 amide bonds. The number of aryl methyl sites for hydroxylation is 1. The van der Waals surface area contributed by atoms with Crippen molar-refractivity contribution in [1.29, 1.82) is 0 Å². The van der Waals surface area contributed by atoms with Crippen LogP contribution >= 0.6 is 0 Å². The van der Waals surface area contributed by atoms with Gasteiger partial charge >= 0.3 is 0 Å². The summed E-state index contributed by atoms with van der Waals surface area (Å²) in [4.78, 5) is 13.0. The van der Waals surface area contributed by atoms with Gasteiger partial charge < -0.3 is 14.8 Å². The summed E-state index contributed by atoms with van der Waals surface area (Å²) >= 11 is 0. The van der Waals surface area contributed by atoms with E-state index >= 15 is 0 Å². The molecular weight excluding hydrogens is 464 g/mol. The number of anilines is 1. The minimum absolute atomic E-state index is 0.0939. The van der Waals surface area contributed by atoms with Crippen molar-refractivity contribution in [3.05, 3.63) is 89.5 Å². The second-order valence-electron chi connectivity index (χ2n) is 8.75. The van der Waals surface area contributed by atoms with E-state index in [-0.39, 0.29) is 16.2 Å².